The molecule has 0 unspecified atom stereocenters. The molecule has 5 nitrogen and oxygen atoms in total. The normalized spacial score (nSPS) is 12.0. The molecule has 0 bridgehead atoms. The van der Waals surface area contributed by atoms with E-state index in [0.717, 1.165) is 10.5 Å². The Morgan fingerprint density at radius 2 is 2.22 bits per heavy atom. The molecule has 1 atom stereocenters. The molecule has 0 aliphatic rings. The molecule has 0 saturated carbocycles. The highest BCUT2D eigenvalue weighted by molar-refractivity contribution is 7.80. The molecule has 0 aliphatic carbocycles. The topological polar surface area (TPSA) is 54.5 Å². The summed E-state index contributed by atoms with van der Waals surface area (Å²) in [4.78, 5) is 17.7. The van der Waals surface area contributed by atoms with Gasteiger partial charge in [-0.15, -0.1) is 11.3 Å². The van der Waals surface area contributed by atoms with E-state index in [9.17, 15) is 4.79 Å². The highest BCUT2D eigenvalue weighted by Crippen LogP contribution is 2.28. The predicted octanol–water partition coefficient (Wildman–Crippen LogP) is 3.12. The first-order valence-electron chi connectivity index (χ1n) is 7.46. The Kier molecular flexibility index (Phi) is 6.29. The summed E-state index contributed by atoms with van der Waals surface area (Å²) in [6.07, 6.45) is 1.08. The molecule has 124 valence electrons. The van der Waals surface area contributed by atoms with Crippen LogP contribution in [0.5, 0.6) is 0 Å². The minimum Gasteiger partial charge on any atom is -0.469 e. The number of carbonyl (C=O) groups is 1. The van der Waals surface area contributed by atoms with Gasteiger partial charge in [-0.1, -0.05) is 12.1 Å². The van der Waals surface area contributed by atoms with Crippen molar-refractivity contribution in [1.82, 2.24) is 15.2 Å². The molecule has 1 aromatic heterocycles. The number of thiocarbonyl (C=S) groups is 1. The third kappa shape index (κ3) is 4.62. The van der Waals surface area contributed by atoms with E-state index in [1.807, 2.05) is 30.1 Å². The summed E-state index contributed by atoms with van der Waals surface area (Å²) in [5, 5.41) is 4.86. The predicted molar refractivity (Wildman–Crippen MR) is 97.6 cm³/mol. The number of aromatic nitrogens is 1. The van der Waals surface area contributed by atoms with Crippen LogP contribution in [0.2, 0.25) is 0 Å². The second kappa shape index (κ2) is 8.21. The number of methoxy groups -OCH3 is 1. The van der Waals surface area contributed by atoms with E-state index >= 15 is 0 Å². The zero-order valence-electron chi connectivity index (χ0n) is 13.5. The Hall–Kier alpha value is -1.73. The van der Waals surface area contributed by atoms with Crippen molar-refractivity contribution in [2.24, 2.45) is 0 Å². The first kappa shape index (κ1) is 17.6. The molecule has 0 spiro atoms. The van der Waals surface area contributed by atoms with Crippen molar-refractivity contribution in [2.75, 3.05) is 20.7 Å². The standard InChI is InChI=1S/C16H21N3O2S2/c1-11(15-18-12-7-4-5-8-13(12)23-15)19(2)16(22)17-10-6-9-14(20)21-3/h4-5,7-8,11H,6,9-10H2,1-3H3,(H,17,22)/t11-/m1/s1. The fourth-order valence-corrected chi connectivity index (χ4v) is 3.39. The summed E-state index contributed by atoms with van der Waals surface area (Å²) in [7, 11) is 3.35. The van der Waals surface area contributed by atoms with Crippen molar-refractivity contribution in [3.05, 3.63) is 29.3 Å². The fourth-order valence-electron chi connectivity index (χ4n) is 2.07. The van der Waals surface area contributed by atoms with Crippen LogP contribution in [0.15, 0.2) is 24.3 Å². The van der Waals surface area contributed by atoms with E-state index in [0.29, 0.717) is 24.5 Å². The second-order valence-corrected chi connectivity index (χ2v) is 6.67. The van der Waals surface area contributed by atoms with Crippen molar-refractivity contribution in [2.45, 2.75) is 25.8 Å². The number of hydrogen-bond acceptors (Lipinski definition) is 5. The van der Waals surface area contributed by atoms with E-state index < -0.39 is 0 Å². The lowest BCUT2D eigenvalue weighted by Crippen LogP contribution is -2.39. The number of hydrogen-bond donors (Lipinski definition) is 1. The number of ether oxygens (including phenoxy) is 1. The maximum absolute atomic E-state index is 11.1. The first-order chi connectivity index (χ1) is 11.0. The summed E-state index contributed by atoms with van der Waals surface area (Å²) in [6.45, 7) is 2.73. The van der Waals surface area contributed by atoms with Gasteiger partial charge in [0, 0.05) is 20.0 Å². The lowest BCUT2D eigenvalue weighted by atomic mass is 10.3. The summed E-state index contributed by atoms with van der Waals surface area (Å²) in [6, 6.07) is 8.20. The number of para-hydroxylation sites is 1. The van der Waals surface area contributed by atoms with Crippen LogP contribution >= 0.6 is 23.6 Å². The van der Waals surface area contributed by atoms with Crippen molar-refractivity contribution < 1.29 is 9.53 Å². The summed E-state index contributed by atoms with van der Waals surface area (Å²) >= 11 is 7.10. The highest BCUT2D eigenvalue weighted by Gasteiger charge is 2.18. The molecule has 1 aromatic carbocycles. The number of fused-ring (bicyclic) bond motifs is 1. The van der Waals surface area contributed by atoms with Crippen LogP contribution in [0.25, 0.3) is 10.2 Å². The largest absolute Gasteiger partial charge is 0.469 e. The van der Waals surface area contributed by atoms with Crippen LogP contribution < -0.4 is 5.32 Å². The number of benzene rings is 1. The van der Waals surface area contributed by atoms with Crippen LogP contribution in [-0.4, -0.2) is 41.7 Å². The smallest absolute Gasteiger partial charge is 0.305 e. The summed E-state index contributed by atoms with van der Waals surface area (Å²) < 4.78 is 5.79. The molecule has 2 aromatic rings. The first-order valence-corrected chi connectivity index (χ1v) is 8.68. The Labute approximate surface area is 145 Å². The highest BCUT2D eigenvalue weighted by atomic mass is 32.1. The van der Waals surface area contributed by atoms with Crippen LogP contribution in [0.4, 0.5) is 0 Å². The van der Waals surface area contributed by atoms with E-state index in [-0.39, 0.29) is 12.0 Å². The quantitative estimate of drug-likeness (QED) is 0.490. The van der Waals surface area contributed by atoms with Crippen molar-refractivity contribution in [3.8, 4) is 0 Å². The molecule has 2 rings (SSSR count). The molecular weight excluding hydrogens is 330 g/mol. The van der Waals surface area contributed by atoms with Crippen LogP contribution in [-0.2, 0) is 9.53 Å². The van der Waals surface area contributed by atoms with Gasteiger partial charge in [0.05, 0.1) is 23.4 Å². The number of nitrogens with one attached hydrogen (secondary N) is 1. The zero-order chi connectivity index (χ0) is 16.8. The Morgan fingerprint density at radius 3 is 2.91 bits per heavy atom. The van der Waals surface area contributed by atoms with Gasteiger partial charge in [-0.3, -0.25) is 4.79 Å². The number of esters is 1. The molecule has 0 fully saturated rings. The SMILES string of the molecule is COC(=O)CCCNC(=S)N(C)[C@H](C)c1nc2ccccc2s1. The molecule has 0 saturated heterocycles. The van der Waals surface area contributed by atoms with Crippen LogP contribution in [0.1, 0.15) is 30.8 Å². The Bertz CT molecular complexity index is 654. The third-order valence-electron chi connectivity index (χ3n) is 3.63. The number of rotatable bonds is 6. The van der Waals surface area contributed by atoms with E-state index in [4.69, 9.17) is 12.2 Å². The minimum atomic E-state index is -0.200. The van der Waals surface area contributed by atoms with Crippen molar-refractivity contribution in [1.29, 1.82) is 0 Å². The number of carbonyl (C=O) groups excluding carboxylic acids is 1. The third-order valence-corrected chi connectivity index (χ3v) is 5.27. The van der Waals surface area contributed by atoms with Crippen LogP contribution in [0.3, 0.4) is 0 Å². The molecule has 1 heterocycles. The maximum atomic E-state index is 11.1. The Morgan fingerprint density at radius 1 is 1.48 bits per heavy atom. The second-order valence-electron chi connectivity index (χ2n) is 5.22. The number of nitrogens with zero attached hydrogens (tertiary/aromatic N) is 2. The minimum absolute atomic E-state index is 0.0907. The molecular formula is C16H21N3O2S2. The molecule has 0 amide bonds. The average Bonchev–Trinajstić information content (AvgIpc) is 3.00. The zero-order valence-corrected chi connectivity index (χ0v) is 15.2. The van der Waals surface area contributed by atoms with E-state index in [1.54, 1.807) is 11.3 Å². The lowest BCUT2D eigenvalue weighted by molar-refractivity contribution is -0.140. The lowest BCUT2D eigenvalue weighted by Gasteiger charge is -2.26. The van der Waals surface area contributed by atoms with Gasteiger partial charge >= 0.3 is 5.97 Å². The van der Waals surface area contributed by atoms with E-state index in [2.05, 4.69) is 28.0 Å². The molecule has 0 aliphatic heterocycles. The van der Waals surface area contributed by atoms with Gasteiger partial charge in [0.25, 0.3) is 0 Å². The monoisotopic (exact) mass is 351 g/mol. The van der Waals surface area contributed by atoms with Gasteiger partial charge in [0.15, 0.2) is 5.11 Å². The average molecular weight is 351 g/mol. The fraction of sp³-hybridized carbons (Fsp3) is 0.438. The van der Waals surface area contributed by atoms with Gasteiger partial charge in [-0.25, -0.2) is 4.98 Å². The van der Waals surface area contributed by atoms with Gasteiger partial charge in [0.1, 0.15) is 5.01 Å². The maximum Gasteiger partial charge on any atom is 0.305 e. The molecule has 7 heteroatoms. The molecule has 1 N–H and O–H groups in total. The summed E-state index contributed by atoms with van der Waals surface area (Å²) in [5.41, 5.74) is 1.02. The van der Waals surface area contributed by atoms with Crippen molar-refractivity contribution >= 4 is 44.9 Å². The van der Waals surface area contributed by atoms with Gasteiger partial charge in [-0.2, -0.15) is 0 Å². The van der Waals surface area contributed by atoms with E-state index in [1.165, 1.54) is 11.8 Å². The summed E-state index contributed by atoms with van der Waals surface area (Å²) in [5.74, 6) is -0.200. The van der Waals surface area contributed by atoms with Crippen molar-refractivity contribution in [3.63, 3.8) is 0 Å². The van der Waals surface area contributed by atoms with Gasteiger partial charge in [-0.05, 0) is 37.7 Å². The van der Waals surface area contributed by atoms with Crippen LogP contribution in [0, 0.1) is 0 Å². The van der Waals surface area contributed by atoms with Gasteiger partial charge in [0.2, 0.25) is 0 Å². The number of thiazole rings is 1. The molecule has 23 heavy (non-hydrogen) atoms. The molecule has 0 radical (unpaired) electrons. The Balaban J connectivity index is 1.89. The van der Waals surface area contributed by atoms with Gasteiger partial charge < -0.3 is 15.0 Å².